The van der Waals surface area contributed by atoms with Crippen molar-refractivity contribution in [1.82, 2.24) is 0 Å². The molecule has 5 nitrogen and oxygen atoms in total. The van der Waals surface area contributed by atoms with Crippen LogP contribution in [-0.2, 0) is 16.0 Å². The summed E-state index contributed by atoms with van der Waals surface area (Å²) < 4.78 is 10.9. The molecular weight excluding hydrogens is 374 g/mol. The second-order valence-corrected chi connectivity index (χ2v) is 7.45. The van der Waals surface area contributed by atoms with Crippen LogP contribution in [0.2, 0.25) is 0 Å². The first-order chi connectivity index (χ1) is 13.5. The van der Waals surface area contributed by atoms with E-state index in [0.717, 1.165) is 21.2 Å². The predicted octanol–water partition coefficient (Wildman–Crippen LogP) is 4.97. The summed E-state index contributed by atoms with van der Waals surface area (Å²) in [5, 5.41) is 5.33. The molecule has 0 unspecified atom stereocenters. The second-order valence-electron chi connectivity index (χ2n) is 6.23. The van der Waals surface area contributed by atoms with Gasteiger partial charge in [0.1, 0.15) is 10.8 Å². The highest BCUT2D eigenvalue weighted by Gasteiger charge is 2.23. The smallest absolute Gasteiger partial charge is 0.341 e. The number of benzene rings is 2. The molecule has 1 amide bonds. The van der Waals surface area contributed by atoms with Crippen molar-refractivity contribution in [2.75, 3.05) is 18.5 Å². The molecule has 146 valence electrons. The Hall–Kier alpha value is -2.86. The standard InChI is InChI=1S/C22H23NO4S/c1-4-16-14(3)28-21(20(16)22(25)26-5-2)23-19(24)13-27-18-12-8-10-15-9-6-7-11-17(15)18/h6-12H,4-5,13H2,1-3H3,(H,23,24). The normalized spacial score (nSPS) is 10.7. The third-order valence-corrected chi connectivity index (χ3v) is 5.47. The van der Waals surface area contributed by atoms with Gasteiger partial charge in [-0.3, -0.25) is 4.79 Å². The number of amides is 1. The van der Waals surface area contributed by atoms with Gasteiger partial charge in [-0.1, -0.05) is 43.3 Å². The lowest BCUT2D eigenvalue weighted by molar-refractivity contribution is -0.118. The fourth-order valence-electron chi connectivity index (χ4n) is 3.14. The minimum atomic E-state index is -0.408. The third-order valence-electron chi connectivity index (χ3n) is 4.40. The molecule has 0 aliphatic carbocycles. The number of aryl methyl sites for hydroxylation is 1. The fraction of sp³-hybridized carbons (Fsp3) is 0.273. The number of fused-ring (bicyclic) bond motifs is 1. The van der Waals surface area contributed by atoms with Gasteiger partial charge in [-0.15, -0.1) is 11.3 Å². The maximum atomic E-state index is 12.5. The summed E-state index contributed by atoms with van der Waals surface area (Å²) in [4.78, 5) is 25.8. The van der Waals surface area contributed by atoms with E-state index in [2.05, 4.69) is 5.32 Å². The van der Waals surface area contributed by atoms with E-state index in [0.29, 0.717) is 22.7 Å². The number of carbonyl (C=O) groups is 2. The molecule has 28 heavy (non-hydrogen) atoms. The van der Waals surface area contributed by atoms with Crippen molar-refractivity contribution in [2.45, 2.75) is 27.2 Å². The van der Waals surface area contributed by atoms with Crippen molar-refractivity contribution in [1.29, 1.82) is 0 Å². The van der Waals surface area contributed by atoms with Gasteiger partial charge in [0.15, 0.2) is 6.61 Å². The highest BCUT2D eigenvalue weighted by atomic mass is 32.1. The predicted molar refractivity (Wildman–Crippen MR) is 112 cm³/mol. The van der Waals surface area contributed by atoms with Crippen LogP contribution in [0.25, 0.3) is 10.8 Å². The maximum absolute atomic E-state index is 12.5. The van der Waals surface area contributed by atoms with Gasteiger partial charge in [0.25, 0.3) is 5.91 Å². The van der Waals surface area contributed by atoms with Crippen LogP contribution in [0.1, 0.15) is 34.6 Å². The lowest BCUT2D eigenvalue weighted by atomic mass is 10.1. The lowest BCUT2D eigenvalue weighted by Crippen LogP contribution is -2.21. The SMILES string of the molecule is CCOC(=O)c1c(NC(=O)COc2cccc3ccccc23)sc(C)c1CC. The number of thiophene rings is 1. The van der Waals surface area contributed by atoms with Crippen molar-refractivity contribution in [2.24, 2.45) is 0 Å². The topological polar surface area (TPSA) is 64.6 Å². The average Bonchev–Trinajstić information content (AvgIpc) is 3.01. The zero-order valence-corrected chi connectivity index (χ0v) is 17.0. The Balaban J connectivity index is 1.75. The number of carbonyl (C=O) groups excluding carboxylic acids is 2. The van der Waals surface area contributed by atoms with E-state index in [4.69, 9.17) is 9.47 Å². The number of ether oxygens (including phenoxy) is 2. The van der Waals surface area contributed by atoms with Crippen molar-refractivity contribution in [3.8, 4) is 5.75 Å². The van der Waals surface area contributed by atoms with Gasteiger partial charge < -0.3 is 14.8 Å². The molecule has 1 N–H and O–H groups in total. The molecule has 0 radical (unpaired) electrons. The molecular formula is C22H23NO4S. The quantitative estimate of drug-likeness (QED) is 0.572. The minimum Gasteiger partial charge on any atom is -0.483 e. The van der Waals surface area contributed by atoms with Crippen molar-refractivity contribution in [3.05, 3.63) is 58.5 Å². The lowest BCUT2D eigenvalue weighted by Gasteiger charge is -2.10. The summed E-state index contributed by atoms with van der Waals surface area (Å²) in [5.41, 5.74) is 1.36. The molecule has 1 heterocycles. The average molecular weight is 397 g/mol. The molecule has 0 fully saturated rings. The number of esters is 1. The Morgan fingerprint density at radius 1 is 1.07 bits per heavy atom. The summed E-state index contributed by atoms with van der Waals surface area (Å²) in [6, 6.07) is 13.6. The number of nitrogens with one attached hydrogen (secondary N) is 1. The number of anilines is 1. The van der Waals surface area contributed by atoms with Gasteiger partial charge in [-0.05, 0) is 37.3 Å². The Bertz CT molecular complexity index is 1000. The van der Waals surface area contributed by atoms with Gasteiger partial charge in [0.2, 0.25) is 0 Å². The van der Waals surface area contributed by atoms with Gasteiger partial charge in [0, 0.05) is 10.3 Å². The Morgan fingerprint density at radius 3 is 2.57 bits per heavy atom. The number of hydrogen-bond donors (Lipinski definition) is 1. The van der Waals surface area contributed by atoms with Crippen molar-refractivity contribution in [3.63, 3.8) is 0 Å². The van der Waals surface area contributed by atoms with E-state index in [9.17, 15) is 9.59 Å². The van der Waals surface area contributed by atoms with Crippen LogP contribution in [0.15, 0.2) is 42.5 Å². The van der Waals surface area contributed by atoms with E-state index in [-0.39, 0.29) is 19.1 Å². The van der Waals surface area contributed by atoms with Gasteiger partial charge >= 0.3 is 5.97 Å². The summed E-state index contributed by atoms with van der Waals surface area (Å²) in [5.74, 6) is -0.0770. The van der Waals surface area contributed by atoms with E-state index in [1.165, 1.54) is 11.3 Å². The maximum Gasteiger partial charge on any atom is 0.341 e. The molecule has 0 aliphatic heterocycles. The summed E-state index contributed by atoms with van der Waals surface area (Å²) in [6.45, 7) is 5.82. The van der Waals surface area contributed by atoms with E-state index >= 15 is 0 Å². The molecule has 1 aromatic heterocycles. The van der Waals surface area contributed by atoms with Gasteiger partial charge in [0.05, 0.1) is 12.2 Å². The number of hydrogen-bond acceptors (Lipinski definition) is 5. The summed E-state index contributed by atoms with van der Waals surface area (Å²) >= 11 is 1.38. The first kappa shape index (κ1) is 19.9. The zero-order chi connectivity index (χ0) is 20.1. The van der Waals surface area contributed by atoms with Crippen molar-refractivity contribution >= 4 is 39.0 Å². The Labute approximate surface area is 168 Å². The van der Waals surface area contributed by atoms with Crippen LogP contribution < -0.4 is 10.1 Å². The van der Waals surface area contributed by atoms with Gasteiger partial charge in [-0.2, -0.15) is 0 Å². The largest absolute Gasteiger partial charge is 0.483 e. The van der Waals surface area contributed by atoms with Crippen LogP contribution in [0, 0.1) is 6.92 Å². The molecule has 0 spiro atoms. The molecule has 2 aromatic carbocycles. The first-order valence-corrected chi connectivity index (χ1v) is 10.1. The monoisotopic (exact) mass is 397 g/mol. The Kier molecular flexibility index (Phi) is 6.31. The first-order valence-electron chi connectivity index (χ1n) is 9.24. The number of rotatable bonds is 7. The highest BCUT2D eigenvalue weighted by Crippen LogP contribution is 2.34. The van der Waals surface area contributed by atoms with Crippen LogP contribution in [0.4, 0.5) is 5.00 Å². The second kappa shape index (κ2) is 8.89. The third kappa shape index (κ3) is 4.17. The summed E-state index contributed by atoms with van der Waals surface area (Å²) in [6.07, 6.45) is 0.693. The molecule has 6 heteroatoms. The van der Waals surface area contributed by atoms with Crippen LogP contribution in [0.5, 0.6) is 5.75 Å². The Morgan fingerprint density at radius 2 is 1.82 bits per heavy atom. The molecule has 0 saturated heterocycles. The van der Waals surface area contributed by atoms with E-state index < -0.39 is 5.97 Å². The summed E-state index contributed by atoms with van der Waals surface area (Å²) in [7, 11) is 0. The molecule has 0 bridgehead atoms. The minimum absolute atomic E-state index is 0.144. The molecule has 3 rings (SSSR count). The van der Waals surface area contributed by atoms with E-state index in [1.807, 2.05) is 56.3 Å². The zero-order valence-electron chi connectivity index (χ0n) is 16.2. The van der Waals surface area contributed by atoms with Crippen LogP contribution in [0.3, 0.4) is 0 Å². The molecule has 3 aromatic rings. The molecule has 0 atom stereocenters. The van der Waals surface area contributed by atoms with E-state index in [1.54, 1.807) is 6.92 Å². The highest BCUT2D eigenvalue weighted by molar-refractivity contribution is 7.16. The molecule has 0 saturated carbocycles. The fourth-order valence-corrected chi connectivity index (χ4v) is 4.29. The van der Waals surface area contributed by atoms with Gasteiger partial charge in [-0.25, -0.2) is 4.79 Å². The van der Waals surface area contributed by atoms with Crippen LogP contribution in [-0.4, -0.2) is 25.1 Å². The van der Waals surface area contributed by atoms with Crippen LogP contribution >= 0.6 is 11.3 Å². The molecule has 0 aliphatic rings. The van der Waals surface area contributed by atoms with Crippen molar-refractivity contribution < 1.29 is 19.1 Å².